The third-order valence-electron chi connectivity index (χ3n) is 5.49. The number of urea groups is 1. The SMILES string of the molecule is CC(=O)c1cc2c(cc1NC(=O)CN1C(=O)C(=O)N(C3CCCCC3)C1=O)OCO2. The molecule has 1 aliphatic carbocycles. The molecule has 10 heteroatoms. The van der Waals surface area contributed by atoms with Gasteiger partial charge in [-0.3, -0.25) is 24.1 Å². The van der Waals surface area contributed by atoms with Gasteiger partial charge in [-0.05, 0) is 25.8 Å². The minimum Gasteiger partial charge on any atom is -0.454 e. The molecule has 2 aliphatic heterocycles. The van der Waals surface area contributed by atoms with Crippen molar-refractivity contribution in [2.75, 3.05) is 18.7 Å². The summed E-state index contributed by atoms with van der Waals surface area (Å²) in [6.45, 7) is 0.708. The summed E-state index contributed by atoms with van der Waals surface area (Å²) < 4.78 is 10.5. The monoisotopic (exact) mass is 415 g/mol. The number of imide groups is 2. The van der Waals surface area contributed by atoms with E-state index < -0.39 is 30.3 Å². The van der Waals surface area contributed by atoms with Crippen LogP contribution in [0.1, 0.15) is 49.4 Å². The van der Waals surface area contributed by atoms with Gasteiger partial charge in [0.25, 0.3) is 0 Å². The normalized spacial score (nSPS) is 18.9. The lowest BCUT2D eigenvalue weighted by atomic mass is 9.94. The Labute approximate surface area is 172 Å². The van der Waals surface area contributed by atoms with E-state index >= 15 is 0 Å². The summed E-state index contributed by atoms with van der Waals surface area (Å²) in [7, 11) is 0. The Hall–Kier alpha value is -3.43. The van der Waals surface area contributed by atoms with Crippen molar-refractivity contribution in [2.45, 2.75) is 45.1 Å². The summed E-state index contributed by atoms with van der Waals surface area (Å²) in [6.07, 6.45) is 4.11. The fourth-order valence-electron chi connectivity index (χ4n) is 3.99. The quantitative estimate of drug-likeness (QED) is 0.441. The van der Waals surface area contributed by atoms with Crippen molar-refractivity contribution in [1.82, 2.24) is 9.80 Å². The van der Waals surface area contributed by atoms with E-state index in [-0.39, 0.29) is 29.9 Å². The number of hydrogen-bond acceptors (Lipinski definition) is 7. The van der Waals surface area contributed by atoms with E-state index in [4.69, 9.17) is 9.47 Å². The molecule has 1 saturated carbocycles. The molecule has 0 spiro atoms. The zero-order valence-electron chi connectivity index (χ0n) is 16.4. The molecule has 1 aromatic carbocycles. The molecule has 5 amide bonds. The first-order valence-corrected chi connectivity index (χ1v) is 9.80. The highest BCUT2D eigenvalue weighted by Gasteiger charge is 2.48. The van der Waals surface area contributed by atoms with E-state index in [1.54, 1.807) is 0 Å². The molecule has 2 fully saturated rings. The van der Waals surface area contributed by atoms with Gasteiger partial charge in [0.05, 0.1) is 5.69 Å². The zero-order valence-corrected chi connectivity index (χ0v) is 16.4. The van der Waals surface area contributed by atoms with Crippen molar-refractivity contribution >= 4 is 35.2 Å². The molecule has 0 atom stereocenters. The number of rotatable bonds is 5. The van der Waals surface area contributed by atoms with Gasteiger partial charge in [0, 0.05) is 17.7 Å². The smallest absolute Gasteiger partial charge is 0.334 e. The molecule has 0 unspecified atom stereocenters. The second-order valence-corrected chi connectivity index (χ2v) is 7.50. The number of carbonyl (C=O) groups is 5. The van der Waals surface area contributed by atoms with Crippen molar-refractivity contribution < 1.29 is 33.4 Å². The number of anilines is 1. The van der Waals surface area contributed by atoms with Crippen LogP contribution in [0.2, 0.25) is 0 Å². The molecule has 1 N–H and O–H groups in total. The van der Waals surface area contributed by atoms with Crippen molar-refractivity contribution in [3.63, 3.8) is 0 Å². The van der Waals surface area contributed by atoms with Crippen LogP contribution in [-0.2, 0) is 14.4 Å². The number of benzene rings is 1. The van der Waals surface area contributed by atoms with Gasteiger partial charge in [-0.25, -0.2) is 9.69 Å². The fraction of sp³-hybridized carbons (Fsp3) is 0.450. The maximum Gasteiger partial charge on any atom is 0.334 e. The highest BCUT2D eigenvalue weighted by Crippen LogP contribution is 2.37. The lowest BCUT2D eigenvalue weighted by molar-refractivity contribution is -0.144. The summed E-state index contributed by atoms with van der Waals surface area (Å²) in [5.41, 5.74) is 0.373. The summed E-state index contributed by atoms with van der Waals surface area (Å²) in [5, 5.41) is 2.53. The predicted octanol–water partition coefficient (Wildman–Crippen LogP) is 1.68. The van der Waals surface area contributed by atoms with Crippen LogP contribution in [0.25, 0.3) is 0 Å². The molecule has 30 heavy (non-hydrogen) atoms. The van der Waals surface area contributed by atoms with Crippen LogP contribution < -0.4 is 14.8 Å². The van der Waals surface area contributed by atoms with Gasteiger partial charge in [0.1, 0.15) is 6.54 Å². The van der Waals surface area contributed by atoms with Crippen molar-refractivity contribution in [3.8, 4) is 11.5 Å². The first kappa shape index (κ1) is 19.9. The Morgan fingerprint density at radius 1 is 1.03 bits per heavy atom. The fourth-order valence-corrected chi connectivity index (χ4v) is 3.99. The van der Waals surface area contributed by atoms with Gasteiger partial charge in [0.2, 0.25) is 12.7 Å². The van der Waals surface area contributed by atoms with Crippen molar-refractivity contribution in [1.29, 1.82) is 0 Å². The minimum absolute atomic E-state index is 0.0000276. The van der Waals surface area contributed by atoms with Crippen LogP contribution in [0.5, 0.6) is 11.5 Å². The number of ether oxygens (including phenoxy) is 2. The molecule has 0 aromatic heterocycles. The third-order valence-corrected chi connectivity index (χ3v) is 5.49. The average Bonchev–Trinajstić information content (AvgIpc) is 3.26. The van der Waals surface area contributed by atoms with Crippen LogP contribution in [0.4, 0.5) is 10.5 Å². The highest BCUT2D eigenvalue weighted by atomic mass is 16.7. The predicted molar refractivity (Wildman–Crippen MR) is 102 cm³/mol. The molecule has 2 heterocycles. The topological polar surface area (TPSA) is 122 Å². The Bertz CT molecular complexity index is 952. The van der Waals surface area contributed by atoms with Crippen LogP contribution in [-0.4, -0.2) is 58.7 Å². The number of fused-ring (bicyclic) bond motifs is 1. The van der Waals surface area contributed by atoms with Gasteiger partial charge in [-0.15, -0.1) is 0 Å². The maximum atomic E-state index is 12.7. The van der Waals surface area contributed by atoms with Crippen molar-refractivity contribution in [2.24, 2.45) is 0 Å². The minimum atomic E-state index is -1.02. The lowest BCUT2D eigenvalue weighted by Crippen LogP contribution is -2.43. The van der Waals surface area contributed by atoms with E-state index in [1.807, 2.05) is 0 Å². The van der Waals surface area contributed by atoms with Crippen LogP contribution in [0, 0.1) is 0 Å². The van der Waals surface area contributed by atoms with Gasteiger partial charge in [-0.2, -0.15) is 0 Å². The van der Waals surface area contributed by atoms with Gasteiger partial charge >= 0.3 is 17.8 Å². The number of Topliss-reactive ketones (excluding diaryl/α,β-unsaturated/α-hetero) is 1. The summed E-state index contributed by atoms with van der Waals surface area (Å²) in [4.78, 5) is 63.5. The standard InChI is InChI=1S/C20H21N3O7/c1-11(24)13-7-15-16(30-10-29-15)8-14(13)21-17(25)9-22-18(26)19(27)23(20(22)28)12-5-3-2-4-6-12/h7-8,12H,2-6,9-10H2,1H3,(H,21,25). The molecule has 4 rings (SSSR count). The van der Waals surface area contributed by atoms with Crippen molar-refractivity contribution in [3.05, 3.63) is 17.7 Å². The lowest BCUT2D eigenvalue weighted by Gasteiger charge is -2.28. The second kappa shape index (κ2) is 7.77. The molecular formula is C20H21N3O7. The number of nitrogens with zero attached hydrogens (tertiary/aromatic N) is 2. The first-order chi connectivity index (χ1) is 14.4. The van der Waals surface area contributed by atoms with E-state index in [0.29, 0.717) is 29.2 Å². The van der Waals surface area contributed by atoms with Crippen LogP contribution in [0.15, 0.2) is 12.1 Å². The molecule has 1 aromatic rings. The Kier molecular flexibility index (Phi) is 5.15. The van der Waals surface area contributed by atoms with Crippen LogP contribution >= 0.6 is 0 Å². The second-order valence-electron chi connectivity index (χ2n) is 7.50. The third kappa shape index (κ3) is 3.49. The number of hydrogen-bond donors (Lipinski definition) is 1. The molecule has 1 saturated heterocycles. The largest absolute Gasteiger partial charge is 0.454 e. The molecule has 0 bridgehead atoms. The number of amides is 5. The average molecular weight is 415 g/mol. The highest BCUT2D eigenvalue weighted by molar-refractivity contribution is 6.45. The van der Waals surface area contributed by atoms with E-state index in [0.717, 1.165) is 24.2 Å². The number of carbonyl (C=O) groups excluding carboxylic acids is 5. The Morgan fingerprint density at radius 3 is 2.37 bits per heavy atom. The maximum absolute atomic E-state index is 12.7. The molecule has 3 aliphatic rings. The van der Waals surface area contributed by atoms with Crippen LogP contribution in [0.3, 0.4) is 0 Å². The summed E-state index contributed by atoms with van der Waals surface area (Å²) in [6, 6.07) is 1.82. The van der Waals surface area contributed by atoms with Gasteiger partial charge in [0.15, 0.2) is 17.3 Å². The Balaban J connectivity index is 1.49. The van der Waals surface area contributed by atoms with Gasteiger partial charge < -0.3 is 14.8 Å². The number of nitrogens with one attached hydrogen (secondary N) is 1. The van der Waals surface area contributed by atoms with E-state index in [2.05, 4.69) is 5.32 Å². The molecule has 158 valence electrons. The summed E-state index contributed by atoms with van der Waals surface area (Å²) in [5.74, 6) is -2.18. The first-order valence-electron chi connectivity index (χ1n) is 9.80. The Morgan fingerprint density at radius 2 is 1.70 bits per heavy atom. The van der Waals surface area contributed by atoms with E-state index in [9.17, 15) is 24.0 Å². The van der Waals surface area contributed by atoms with E-state index in [1.165, 1.54) is 19.1 Å². The zero-order chi connectivity index (χ0) is 21.4. The molecule has 10 nitrogen and oxygen atoms in total. The van der Waals surface area contributed by atoms with Gasteiger partial charge in [-0.1, -0.05) is 19.3 Å². The number of ketones is 1. The summed E-state index contributed by atoms with van der Waals surface area (Å²) >= 11 is 0. The molecular weight excluding hydrogens is 394 g/mol. The molecule has 0 radical (unpaired) electrons.